The van der Waals surface area contributed by atoms with E-state index in [1.54, 1.807) is 19.2 Å². The number of para-hydroxylation sites is 1. The molecule has 1 aromatic heterocycles. The summed E-state index contributed by atoms with van der Waals surface area (Å²) in [5.41, 5.74) is 11.2. The van der Waals surface area contributed by atoms with Gasteiger partial charge in [-0.15, -0.1) is 0 Å². The summed E-state index contributed by atoms with van der Waals surface area (Å²) in [5, 5.41) is 4.08. The maximum absolute atomic E-state index is 12.4. The van der Waals surface area contributed by atoms with Gasteiger partial charge in [-0.1, -0.05) is 36.8 Å². The third-order valence-electron chi connectivity index (χ3n) is 5.68. The summed E-state index contributed by atoms with van der Waals surface area (Å²) in [7, 11) is 1.50. The number of nitrogens with one attached hydrogen (secondary N) is 1. The van der Waals surface area contributed by atoms with Crippen LogP contribution in [-0.4, -0.2) is 39.6 Å². The van der Waals surface area contributed by atoms with Gasteiger partial charge in [-0.25, -0.2) is 9.78 Å². The van der Waals surface area contributed by atoms with Crippen molar-refractivity contribution in [1.82, 2.24) is 4.98 Å². The first-order chi connectivity index (χ1) is 16.1. The van der Waals surface area contributed by atoms with Gasteiger partial charge in [0.2, 0.25) is 5.88 Å². The molecule has 1 saturated carbocycles. The van der Waals surface area contributed by atoms with Gasteiger partial charge in [-0.2, -0.15) is 0 Å². The summed E-state index contributed by atoms with van der Waals surface area (Å²) < 4.78 is 10.6. The van der Waals surface area contributed by atoms with Crippen LogP contribution in [0.2, 0.25) is 0 Å². The average molecular weight is 530 g/mol. The number of pyridine rings is 1. The SMILES string of the molecule is CCOC(=O)c1cc2ccc(C3CCC3)c(/C(N)=C/Nc3ccccc3)c2nc1OC.S[Se]. The van der Waals surface area contributed by atoms with Crippen molar-refractivity contribution in [3.63, 3.8) is 0 Å². The normalized spacial score (nSPS) is 13.5. The fraction of sp³-hybridized carbons (Fsp3) is 0.280. The van der Waals surface area contributed by atoms with E-state index in [1.807, 2.05) is 36.4 Å². The minimum absolute atomic E-state index is 0.238. The molecule has 0 aliphatic heterocycles. The molecule has 0 atom stereocenters. The number of ether oxygens (including phenoxy) is 2. The molecular weight excluding hydrogens is 501 g/mol. The van der Waals surface area contributed by atoms with Crippen molar-refractivity contribution in [2.24, 2.45) is 5.73 Å². The molecule has 0 amide bonds. The fourth-order valence-electron chi connectivity index (χ4n) is 3.88. The molecule has 33 heavy (non-hydrogen) atoms. The number of thiol groups is 1. The van der Waals surface area contributed by atoms with Crippen LogP contribution in [0.1, 0.15) is 53.6 Å². The molecule has 1 radical (unpaired) electrons. The van der Waals surface area contributed by atoms with Crippen LogP contribution >= 0.6 is 11.0 Å². The first-order valence-corrected chi connectivity index (χ1v) is 13.4. The van der Waals surface area contributed by atoms with Crippen molar-refractivity contribution in [3.8, 4) is 5.88 Å². The first-order valence-electron chi connectivity index (χ1n) is 10.8. The van der Waals surface area contributed by atoms with Crippen molar-refractivity contribution in [2.45, 2.75) is 32.1 Å². The van der Waals surface area contributed by atoms with Gasteiger partial charge in [-0.3, -0.25) is 0 Å². The Bertz CT molecular complexity index is 1130. The summed E-state index contributed by atoms with van der Waals surface area (Å²) in [5.74, 6) is 0.245. The molecule has 1 fully saturated rings. The molecule has 6 nitrogen and oxygen atoms in total. The molecular formula is C25H28N3O3SSe. The molecule has 0 saturated heterocycles. The van der Waals surface area contributed by atoms with E-state index in [2.05, 4.69) is 37.3 Å². The Hall–Kier alpha value is -2.67. The van der Waals surface area contributed by atoms with Crippen LogP contribution in [0.25, 0.3) is 16.6 Å². The number of carbonyl (C=O) groups is 1. The number of nitrogens with two attached hydrogens (primary N) is 1. The molecule has 1 aliphatic rings. The monoisotopic (exact) mass is 530 g/mol. The van der Waals surface area contributed by atoms with E-state index in [1.165, 1.54) is 19.1 Å². The second-order valence-electron chi connectivity index (χ2n) is 7.61. The van der Waals surface area contributed by atoms with Crippen molar-refractivity contribution >= 4 is 54.2 Å². The number of benzene rings is 2. The molecule has 0 unspecified atom stereocenters. The molecule has 0 spiro atoms. The maximum atomic E-state index is 12.4. The molecule has 8 heteroatoms. The van der Waals surface area contributed by atoms with E-state index in [4.69, 9.17) is 20.2 Å². The third kappa shape index (κ3) is 5.64. The zero-order valence-electron chi connectivity index (χ0n) is 18.7. The van der Waals surface area contributed by atoms with E-state index in [0.717, 1.165) is 35.0 Å². The van der Waals surface area contributed by atoms with E-state index < -0.39 is 5.97 Å². The van der Waals surface area contributed by atoms with Crippen molar-refractivity contribution in [1.29, 1.82) is 0 Å². The number of fused-ring (bicyclic) bond motifs is 1. The fourth-order valence-corrected chi connectivity index (χ4v) is 3.88. The zero-order valence-corrected chi connectivity index (χ0v) is 21.3. The quantitative estimate of drug-likeness (QED) is 0.226. The predicted molar refractivity (Wildman–Crippen MR) is 138 cm³/mol. The molecule has 3 aromatic rings. The molecule has 3 N–H and O–H groups in total. The summed E-state index contributed by atoms with van der Waals surface area (Å²) in [6.45, 7) is 2.06. The van der Waals surface area contributed by atoms with Crippen LogP contribution < -0.4 is 15.8 Å². The third-order valence-corrected chi connectivity index (χ3v) is 5.68. The Labute approximate surface area is 207 Å². The van der Waals surface area contributed by atoms with E-state index in [0.29, 0.717) is 17.2 Å². The van der Waals surface area contributed by atoms with Gasteiger partial charge in [0, 0.05) is 22.8 Å². The van der Waals surface area contributed by atoms with Gasteiger partial charge in [0.05, 0.1) is 24.9 Å². The Kier molecular flexibility index (Phi) is 9.06. The Morgan fingerprint density at radius 2 is 1.97 bits per heavy atom. The Morgan fingerprint density at radius 1 is 1.24 bits per heavy atom. The number of hydrogen-bond acceptors (Lipinski definition) is 7. The molecule has 4 rings (SSSR count). The van der Waals surface area contributed by atoms with Crippen molar-refractivity contribution in [2.75, 3.05) is 19.0 Å². The van der Waals surface area contributed by atoms with Crippen LogP contribution in [0.15, 0.2) is 54.7 Å². The molecule has 173 valence electrons. The number of methoxy groups -OCH3 is 1. The van der Waals surface area contributed by atoms with Crippen LogP contribution in [0.3, 0.4) is 0 Å². The van der Waals surface area contributed by atoms with Crippen molar-refractivity contribution < 1.29 is 14.3 Å². The summed E-state index contributed by atoms with van der Waals surface area (Å²) >= 11 is 5.72. The number of carbonyl (C=O) groups excluding carboxylic acids is 1. The second-order valence-corrected chi connectivity index (χ2v) is 7.61. The van der Waals surface area contributed by atoms with Crippen LogP contribution in [0.4, 0.5) is 5.69 Å². The summed E-state index contributed by atoms with van der Waals surface area (Å²) in [4.78, 5) is 17.1. The minimum atomic E-state index is -0.451. The van der Waals surface area contributed by atoms with E-state index >= 15 is 0 Å². The standard InChI is InChI=1S/C25H27N3O3.HSSe/c1-3-31-25(29)20-14-17-12-13-19(16-8-7-9-16)22(23(17)28-24(20)30-2)21(26)15-27-18-10-5-4-6-11-18;1-2/h4-6,10-16,27H,3,7-9,26H2,1-2H3;1H/b21-15-;. The van der Waals surface area contributed by atoms with Crippen LogP contribution in [0.5, 0.6) is 5.88 Å². The average Bonchev–Trinajstić information content (AvgIpc) is 2.82. The molecule has 1 heterocycles. The van der Waals surface area contributed by atoms with Gasteiger partial charge in [0.25, 0.3) is 0 Å². The Morgan fingerprint density at radius 3 is 2.58 bits per heavy atom. The summed E-state index contributed by atoms with van der Waals surface area (Å²) in [6.07, 6.45) is 5.29. The summed E-state index contributed by atoms with van der Waals surface area (Å²) in [6, 6.07) is 15.7. The van der Waals surface area contributed by atoms with Gasteiger partial charge < -0.3 is 20.5 Å². The second kappa shape index (κ2) is 12.0. The van der Waals surface area contributed by atoms with Crippen LogP contribution in [-0.2, 0) is 4.74 Å². The molecule has 1 aliphatic carbocycles. The molecule has 2 aromatic carbocycles. The first kappa shape index (κ1) is 25.0. The zero-order chi connectivity index (χ0) is 23.8. The number of anilines is 1. The van der Waals surface area contributed by atoms with E-state index in [9.17, 15) is 4.79 Å². The number of esters is 1. The number of aromatic nitrogens is 1. The topological polar surface area (TPSA) is 86.5 Å². The molecule has 0 bridgehead atoms. The van der Waals surface area contributed by atoms with Gasteiger partial charge in [0.1, 0.15) is 5.56 Å². The van der Waals surface area contributed by atoms with Gasteiger partial charge in [-0.05, 0) is 49.4 Å². The Balaban J connectivity index is 0.00000149. The van der Waals surface area contributed by atoms with Crippen molar-refractivity contribution in [3.05, 3.63) is 71.4 Å². The predicted octanol–water partition coefficient (Wildman–Crippen LogP) is 5.06. The number of nitrogens with zero attached hydrogens (tertiary/aromatic N) is 1. The van der Waals surface area contributed by atoms with E-state index in [-0.39, 0.29) is 12.5 Å². The van der Waals surface area contributed by atoms with Crippen LogP contribution in [0, 0.1) is 0 Å². The number of hydrogen-bond donors (Lipinski definition) is 3. The van der Waals surface area contributed by atoms with Gasteiger partial charge in [0.15, 0.2) is 0 Å². The van der Waals surface area contributed by atoms with Gasteiger partial charge >= 0.3 is 31.9 Å². The number of rotatable bonds is 7.